The van der Waals surface area contributed by atoms with Gasteiger partial charge in [-0.2, -0.15) is 0 Å². The zero-order valence-electron chi connectivity index (χ0n) is 14.6. The molecule has 2 atom stereocenters. The smallest absolute Gasteiger partial charge is 0.0411 e. The highest BCUT2D eigenvalue weighted by atomic mass is 35.5. The van der Waals surface area contributed by atoms with Gasteiger partial charge < -0.3 is 4.90 Å². The van der Waals surface area contributed by atoms with Crippen LogP contribution in [-0.2, 0) is 12.8 Å². The van der Waals surface area contributed by atoms with Crippen LogP contribution in [0.5, 0.6) is 0 Å². The van der Waals surface area contributed by atoms with E-state index in [4.69, 9.17) is 11.6 Å². The summed E-state index contributed by atoms with van der Waals surface area (Å²) in [7, 11) is 0. The second-order valence-electron chi connectivity index (χ2n) is 6.87. The van der Waals surface area contributed by atoms with Gasteiger partial charge in [-0.05, 0) is 55.5 Å². The fourth-order valence-electron chi connectivity index (χ4n) is 3.31. The van der Waals surface area contributed by atoms with Crippen molar-refractivity contribution in [1.82, 2.24) is 4.90 Å². The van der Waals surface area contributed by atoms with E-state index in [1.807, 2.05) is 0 Å². The van der Waals surface area contributed by atoms with Crippen molar-refractivity contribution in [2.45, 2.75) is 43.9 Å². The monoisotopic (exact) mass is 341 g/mol. The van der Waals surface area contributed by atoms with E-state index in [-0.39, 0.29) is 0 Å². The van der Waals surface area contributed by atoms with E-state index in [1.54, 1.807) is 0 Å². The van der Waals surface area contributed by atoms with Crippen LogP contribution in [0.25, 0.3) is 0 Å². The predicted octanol–water partition coefficient (Wildman–Crippen LogP) is 5.28. The molecule has 24 heavy (non-hydrogen) atoms. The molecule has 0 saturated heterocycles. The lowest BCUT2D eigenvalue weighted by atomic mass is 10.0. The van der Waals surface area contributed by atoms with Crippen molar-refractivity contribution in [3.63, 3.8) is 0 Å². The van der Waals surface area contributed by atoms with Gasteiger partial charge in [-0.3, -0.25) is 0 Å². The molecule has 0 bridgehead atoms. The summed E-state index contributed by atoms with van der Waals surface area (Å²) < 4.78 is 0. The summed E-state index contributed by atoms with van der Waals surface area (Å²) in [5.41, 5.74) is 4.30. The van der Waals surface area contributed by atoms with Crippen LogP contribution >= 0.6 is 11.6 Å². The molecular formula is C22H28ClN. The van der Waals surface area contributed by atoms with Crippen LogP contribution < -0.4 is 0 Å². The third-order valence-electron chi connectivity index (χ3n) is 5.07. The molecule has 2 aromatic rings. The van der Waals surface area contributed by atoms with Gasteiger partial charge in [-0.25, -0.2) is 0 Å². The molecule has 1 saturated carbocycles. The minimum atomic E-state index is 0.374. The van der Waals surface area contributed by atoms with Gasteiger partial charge in [-0.1, -0.05) is 61.5 Å². The molecule has 3 rings (SSSR count). The van der Waals surface area contributed by atoms with Crippen molar-refractivity contribution >= 4 is 11.6 Å². The number of likely N-dealkylation sites (N-methyl/N-ethyl adjacent to an activating group) is 1. The van der Waals surface area contributed by atoms with Crippen molar-refractivity contribution in [2.75, 3.05) is 19.6 Å². The number of alkyl halides is 1. The van der Waals surface area contributed by atoms with E-state index >= 15 is 0 Å². The van der Waals surface area contributed by atoms with Crippen LogP contribution in [0.4, 0.5) is 0 Å². The first-order chi connectivity index (χ1) is 11.8. The lowest BCUT2D eigenvalue weighted by Crippen LogP contribution is -2.27. The summed E-state index contributed by atoms with van der Waals surface area (Å²) in [5.74, 6) is 0.606. The maximum Gasteiger partial charge on any atom is 0.0411 e. The fraction of sp³-hybridized carbons (Fsp3) is 0.455. The zero-order valence-corrected chi connectivity index (χ0v) is 15.4. The SMILES string of the molecule is CCN(CCCc1ccc(C2CC2Cl)cc1)CCc1ccccc1. The van der Waals surface area contributed by atoms with E-state index in [0.29, 0.717) is 11.3 Å². The topological polar surface area (TPSA) is 3.24 Å². The van der Waals surface area contributed by atoms with Gasteiger partial charge in [0.2, 0.25) is 0 Å². The Kier molecular flexibility index (Phi) is 6.34. The van der Waals surface area contributed by atoms with Gasteiger partial charge in [0.25, 0.3) is 0 Å². The zero-order chi connectivity index (χ0) is 16.8. The number of rotatable bonds is 9. The molecule has 1 aliphatic rings. The number of aryl methyl sites for hydroxylation is 1. The Balaban J connectivity index is 1.39. The van der Waals surface area contributed by atoms with Crippen molar-refractivity contribution in [3.05, 3.63) is 71.3 Å². The average molecular weight is 342 g/mol. The Hall–Kier alpha value is -1.31. The average Bonchev–Trinajstić information content (AvgIpc) is 3.36. The van der Waals surface area contributed by atoms with Crippen molar-refractivity contribution in [1.29, 1.82) is 0 Å². The normalized spacial score (nSPS) is 19.6. The summed E-state index contributed by atoms with van der Waals surface area (Å²) in [6, 6.07) is 19.9. The van der Waals surface area contributed by atoms with Gasteiger partial charge in [0.1, 0.15) is 0 Å². The third-order valence-corrected chi connectivity index (χ3v) is 5.55. The maximum atomic E-state index is 6.13. The lowest BCUT2D eigenvalue weighted by Gasteiger charge is -2.20. The summed E-state index contributed by atoms with van der Waals surface area (Å²) in [6.45, 7) is 5.72. The molecule has 2 aromatic carbocycles. The van der Waals surface area contributed by atoms with E-state index < -0.39 is 0 Å². The fourth-order valence-corrected chi connectivity index (χ4v) is 3.64. The van der Waals surface area contributed by atoms with E-state index in [1.165, 1.54) is 29.7 Å². The standard InChI is InChI=1S/C22H28ClN/c1-2-24(16-14-18-7-4-3-5-8-18)15-6-9-19-10-12-20(13-11-19)21-17-22(21)23/h3-5,7-8,10-13,21-22H,2,6,9,14-17H2,1H3. The molecule has 0 spiro atoms. The first-order valence-corrected chi connectivity index (χ1v) is 9.69. The molecule has 0 N–H and O–H groups in total. The summed E-state index contributed by atoms with van der Waals surface area (Å²) in [5, 5.41) is 0.374. The molecule has 1 fully saturated rings. The first-order valence-electron chi connectivity index (χ1n) is 9.25. The minimum absolute atomic E-state index is 0.374. The number of nitrogens with zero attached hydrogens (tertiary/aromatic N) is 1. The van der Waals surface area contributed by atoms with Crippen LogP contribution in [0, 0.1) is 0 Å². The van der Waals surface area contributed by atoms with Gasteiger partial charge >= 0.3 is 0 Å². The van der Waals surface area contributed by atoms with Gasteiger partial charge in [0, 0.05) is 17.8 Å². The second kappa shape index (κ2) is 8.69. The molecule has 0 amide bonds. The highest BCUT2D eigenvalue weighted by molar-refractivity contribution is 6.23. The van der Waals surface area contributed by atoms with Crippen LogP contribution in [-0.4, -0.2) is 29.9 Å². The Morgan fingerprint density at radius 2 is 1.58 bits per heavy atom. The molecule has 0 heterocycles. The predicted molar refractivity (Wildman–Crippen MR) is 104 cm³/mol. The molecule has 2 heteroatoms. The lowest BCUT2D eigenvalue weighted by molar-refractivity contribution is 0.288. The van der Waals surface area contributed by atoms with E-state index in [9.17, 15) is 0 Å². The summed E-state index contributed by atoms with van der Waals surface area (Å²) >= 11 is 6.13. The molecule has 0 aromatic heterocycles. The van der Waals surface area contributed by atoms with E-state index in [2.05, 4.69) is 66.4 Å². The molecule has 128 valence electrons. The summed E-state index contributed by atoms with van der Waals surface area (Å²) in [4.78, 5) is 2.56. The molecule has 1 aliphatic carbocycles. The minimum Gasteiger partial charge on any atom is -0.303 e. The Labute approximate surface area is 151 Å². The maximum absolute atomic E-state index is 6.13. The van der Waals surface area contributed by atoms with Gasteiger partial charge in [-0.15, -0.1) is 11.6 Å². The van der Waals surface area contributed by atoms with Crippen LogP contribution in [0.15, 0.2) is 54.6 Å². The van der Waals surface area contributed by atoms with Crippen LogP contribution in [0.3, 0.4) is 0 Å². The Morgan fingerprint density at radius 1 is 0.917 bits per heavy atom. The number of hydrogen-bond acceptors (Lipinski definition) is 1. The molecule has 0 radical (unpaired) electrons. The van der Waals surface area contributed by atoms with Crippen LogP contribution in [0.1, 0.15) is 42.4 Å². The Bertz CT molecular complexity index is 608. The summed E-state index contributed by atoms with van der Waals surface area (Å²) in [6.07, 6.45) is 4.68. The number of benzene rings is 2. The van der Waals surface area contributed by atoms with Crippen LogP contribution in [0.2, 0.25) is 0 Å². The van der Waals surface area contributed by atoms with Crippen molar-refractivity contribution in [3.8, 4) is 0 Å². The number of hydrogen-bond donors (Lipinski definition) is 0. The van der Waals surface area contributed by atoms with Crippen molar-refractivity contribution in [2.24, 2.45) is 0 Å². The highest BCUT2D eigenvalue weighted by Crippen LogP contribution is 2.45. The molecule has 2 unspecified atom stereocenters. The van der Waals surface area contributed by atoms with Crippen molar-refractivity contribution < 1.29 is 0 Å². The van der Waals surface area contributed by atoms with Gasteiger partial charge in [0.15, 0.2) is 0 Å². The first kappa shape index (κ1) is 17.5. The second-order valence-corrected chi connectivity index (χ2v) is 7.43. The van der Waals surface area contributed by atoms with E-state index in [0.717, 1.165) is 32.4 Å². The molecule has 1 nitrogen and oxygen atoms in total. The highest BCUT2D eigenvalue weighted by Gasteiger charge is 2.36. The largest absolute Gasteiger partial charge is 0.303 e. The third kappa shape index (κ3) is 5.09. The number of halogens is 1. The quantitative estimate of drug-likeness (QED) is 0.561. The molecular weight excluding hydrogens is 314 g/mol. The Morgan fingerprint density at radius 3 is 2.21 bits per heavy atom. The van der Waals surface area contributed by atoms with Gasteiger partial charge in [0.05, 0.1) is 0 Å². The molecule has 0 aliphatic heterocycles.